The van der Waals surface area contributed by atoms with Crippen LogP contribution in [0.3, 0.4) is 0 Å². The summed E-state index contributed by atoms with van der Waals surface area (Å²) in [5.41, 5.74) is 3.03. The van der Waals surface area contributed by atoms with Crippen molar-refractivity contribution in [3.05, 3.63) is 22.0 Å². The summed E-state index contributed by atoms with van der Waals surface area (Å²) in [6.07, 6.45) is 0.779. The molecule has 0 amide bonds. The highest BCUT2D eigenvalue weighted by Crippen LogP contribution is 2.21. The van der Waals surface area contributed by atoms with Gasteiger partial charge in [-0.15, -0.1) is 16.4 Å². The van der Waals surface area contributed by atoms with Crippen molar-refractivity contribution in [2.45, 2.75) is 40.7 Å². The highest BCUT2D eigenvalue weighted by atomic mass is 32.1. The second-order valence-corrected chi connectivity index (χ2v) is 6.39. The number of thiazole rings is 1. The molecular formula is C12H18N4OS. The minimum Gasteiger partial charge on any atom is -0.408 e. The van der Waals surface area contributed by atoms with Crippen molar-refractivity contribution in [3.8, 4) is 0 Å². The molecule has 0 fully saturated rings. The van der Waals surface area contributed by atoms with Crippen molar-refractivity contribution in [3.63, 3.8) is 0 Å². The van der Waals surface area contributed by atoms with Crippen molar-refractivity contribution in [1.82, 2.24) is 15.2 Å². The second-order valence-electron chi connectivity index (χ2n) is 5.45. The Bertz CT molecular complexity index is 512. The molecule has 0 aliphatic heterocycles. The SMILES string of the molecule is Cc1ncsc1CNc1nnc(CC(C)(C)C)o1. The third kappa shape index (κ3) is 3.53. The highest BCUT2D eigenvalue weighted by molar-refractivity contribution is 7.09. The fourth-order valence-electron chi connectivity index (χ4n) is 1.50. The first-order chi connectivity index (χ1) is 8.44. The standard InChI is InChI=1S/C12H18N4OS/c1-8-9(18-7-14-8)6-13-11-16-15-10(17-11)5-12(2,3)4/h7H,5-6H2,1-4H3,(H,13,16). The normalized spacial score (nSPS) is 11.8. The van der Waals surface area contributed by atoms with Crippen LogP contribution in [0.5, 0.6) is 0 Å². The predicted molar refractivity (Wildman–Crippen MR) is 71.6 cm³/mol. The van der Waals surface area contributed by atoms with Gasteiger partial charge in [0, 0.05) is 11.3 Å². The zero-order valence-electron chi connectivity index (χ0n) is 11.1. The molecule has 18 heavy (non-hydrogen) atoms. The third-order valence-electron chi connectivity index (χ3n) is 2.39. The summed E-state index contributed by atoms with van der Waals surface area (Å²) >= 11 is 1.62. The number of nitrogens with zero attached hydrogens (tertiary/aromatic N) is 3. The number of rotatable bonds is 4. The fourth-order valence-corrected chi connectivity index (χ4v) is 2.22. The molecule has 0 saturated heterocycles. The molecule has 2 aromatic heterocycles. The average molecular weight is 266 g/mol. The molecule has 0 atom stereocenters. The molecule has 0 unspecified atom stereocenters. The first-order valence-corrected chi connectivity index (χ1v) is 6.77. The van der Waals surface area contributed by atoms with Gasteiger partial charge < -0.3 is 9.73 Å². The first kappa shape index (κ1) is 13.0. The molecule has 0 bridgehead atoms. The summed E-state index contributed by atoms with van der Waals surface area (Å²) in [7, 11) is 0. The van der Waals surface area contributed by atoms with Crippen LogP contribution in [0.25, 0.3) is 0 Å². The van der Waals surface area contributed by atoms with Crippen LogP contribution in [0, 0.1) is 12.3 Å². The van der Waals surface area contributed by atoms with Crippen LogP contribution in [0.4, 0.5) is 6.01 Å². The van der Waals surface area contributed by atoms with E-state index < -0.39 is 0 Å². The van der Waals surface area contributed by atoms with Gasteiger partial charge >= 0.3 is 6.01 Å². The minimum absolute atomic E-state index is 0.151. The largest absolute Gasteiger partial charge is 0.408 e. The van der Waals surface area contributed by atoms with Crippen LogP contribution in [-0.2, 0) is 13.0 Å². The van der Waals surface area contributed by atoms with E-state index in [0.717, 1.165) is 12.1 Å². The zero-order chi connectivity index (χ0) is 13.2. The number of hydrogen-bond donors (Lipinski definition) is 1. The van der Waals surface area contributed by atoms with E-state index in [1.54, 1.807) is 11.3 Å². The summed E-state index contributed by atoms with van der Waals surface area (Å²) in [5.74, 6) is 0.672. The summed E-state index contributed by atoms with van der Waals surface area (Å²) in [6.45, 7) is 9.10. The number of aryl methyl sites for hydroxylation is 1. The maximum absolute atomic E-state index is 5.55. The van der Waals surface area contributed by atoms with Gasteiger partial charge in [0.2, 0.25) is 5.89 Å². The van der Waals surface area contributed by atoms with E-state index in [2.05, 4.69) is 41.3 Å². The fraction of sp³-hybridized carbons (Fsp3) is 0.583. The third-order valence-corrected chi connectivity index (χ3v) is 3.33. The molecule has 0 spiro atoms. The van der Waals surface area contributed by atoms with Crippen molar-refractivity contribution >= 4 is 17.4 Å². The lowest BCUT2D eigenvalue weighted by molar-refractivity contribution is 0.357. The second kappa shape index (κ2) is 5.06. The minimum atomic E-state index is 0.151. The molecule has 0 radical (unpaired) electrons. The van der Waals surface area contributed by atoms with E-state index in [1.165, 1.54) is 4.88 Å². The van der Waals surface area contributed by atoms with Crippen LogP contribution >= 0.6 is 11.3 Å². The van der Waals surface area contributed by atoms with Gasteiger partial charge in [0.05, 0.1) is 17.7 Å². The Morgan fingerprint density at radius 3 is 2.72 bits per heavy atom. The zero-order valence-corrected chi connectivity index (χ0v) is 12.0. The van der Waals surface area contributed by atoms with E-state index in [9.17, 15) is 0 Å². The van der Waals surface area contributed by atoms with Gasteiger partial charge in [-0.1, -0.05) is 25.9 Å². The van der Waals surface area contributed by atoms with Crippen LogP contribution in [-0.4, -0.2) is 15.2 Å². The van der Waals surface area contributed by atoms with Gasteiger partial charge in [-0.2, -0.15) is 0 Å². The predicted octanol–water partition coefficient (Wildman–Crippen LogP) is 3.04. The molecule has 1 N–H and O–H groups in total. The Balaban J connectivity index is 1.93. The van der Waals surface area contributed by atoms with Gasteiger partial charge in [-0.25, -0.2) is 4.98 Å². The molecule has 0 aromatic carbocycles. The van der Waals surface area contributed by atoms with E-state index in [1.807, 2.05) is 12.4 Å². The molecule has 0 aliphatic carbocycles. The lowest BCUT2D eigenvalue weighted by atomic mass is 9.92. The van der Waals surface area contributed by atoms with E-state index in [0.29, 0.717) is 18.5 Å². The van der Waals surface area contributed by atoms with Crippen LogP contribution < -0.4 is 5.32 Å². The molecule has 0 saturated carbocycles. The van der Waals surface area contributed by atoms with Crippen LogP contribution in [0.1, 0.15) is 37.2 Å². The Kier molecular flexibility index (Phi) is 3.65. The Labute approximate surface area is 111 Å². The van der Waals surface area contributed by atoms with E-state index in [-0.39, 0.29) is 5.41 Å². The average Bonchev–Trinajstić information content (AvgIpc) is 2.82. The van der Waals surface area contributed by atoms with Gasteiger partial charge in [-0.05, 0) is 12.3 Å². The Morgan fingerprint density at radius 2 is 2.11 bits per heavy atom. The number of nitrogens with one attached hydrogen (secondary N) is 1. The molecule has 2 aromatic rings. The number of anilines is 1. The molecule has 0 aliphatic rings. The molecule has 2 rings (SSSR count). The van der Waals surface area contributed by atoms with Gasteiger partial charge in [0.25, 0.3) is 0 Å². The van der Waals surface area contributed by atoms with Crippen LogP contribution in [0.15, 0.2) is 9.93 Å². The quantitative estimate of drug-likeness (QED) is 0.921. The summed E-state index contributed by atoms with van der Waals surface area (Å²) in [4.78, 5) is 5.38. The molecule has 5 nitrogen and oxygen atoms in total. The molecular weight excluding hydrogens is 248 g/mol. The smallest absolute Gasteiger partial charge is 0.315 e. The summed E-state index contributed by atoms with van der Waals surface area (Å²) in [6, 6.07) is 0.474. The molecule has 6 heteroatoms. The lowest BCUT2D eigenvalue weighted by Gasteiger charge is -2.14. The topological polar surface area (TPSA) is 63.8 Å². The first-order valence-electron chi connectivity index (χ1n) is 5.89. The van der Waals surface area contributed by atoms with Crippen molar-refractivity contribution in [2.75, 3.05) is 5.32 Å². The Hall–Kier alpha value is -1.43. The van der Waals surface area contributed by atoms with Crippen molar-refractivity contribution < 1.29 is 4.42 Å². The number of aromatic nitrogens is 3. The Morgan fingerprint density at radius 1 is 1.33 bits per heavy atom. The van der Waals surface area contributed by atoms with Crippen LogP contribution in [0.2, 0.25) is 0 Å². The maximum atomic E-state index is 5.55. The number of hydrogen-bond acceptors (Lipinski definition) is 6. The highest BCUT2D eigenvalue weighted by Gasteiger charge is 2.16. The summed E-state index contributed by atoms with van der Waals surface area (Å²) < 4.78 is 5.55. The van der Waals surface area contributed by atoms with Gasteiger partial charge in [0.1, 0.15) is 0 Å². The monoisotopic (exact) mass is 266 g/mol. The van der Waals surface area contributed by atoms with Crippen molar-refractivity contribution in [2.24, 2.45) is 5.41 Å². The van der Waals surface area contributed by atoms with Gasteiger partial charge in [0.15, 0.2) is 0 Å². The van der Waals surface area contributed by atoms with Gasteiger partial charge in [-0.3, -0.25) is 0 Å². The summed E-state index contributed by atoms with van der Waals surface area (Å²) in [5, 5.41) is 11.1. The lowest BCUT2D eigenvalue weighted by Crippen LogP contribution is -2.09. The van der Waals surface area contributed by atoms with E-state index in [4.69, 9.17) is 4.42 Å². The maximum Gasteiger partial charge on any atom is 0.315 e. The van der Waals surface area contributed by atoms with E-state index >= 15 is 0 Å². The molecule has 2 heterocycles. The van der Waals surface area contributed by atoms with Crippen molar-refractivity contribution in [1.29, 1.82) is 0 Å². The molecule has 98 valence electrons.